The average Bonchev–Trinajstić information content (AvgIpc) is 3.06. The number of methoxy groups -OCH3 is 1. The molecular formula is C20H30N2O5S. The molecule has 1 aromatic carbocycles. The lowest BCUT2D eigenvalue weighted by molar-refractivity contribution is -0.140. The molecular weight excluding hydrogens is 380 g/mol. The molecule has 0 unspecified atom stereocenters. The first-order valence-corrected chi connectivity index (χ1v) is 11.3. The number of aryl methyl sites for hydroxylation is 1. The van der Waals surface area contributed by atoms with Crippen molar-refractivity contribution in [2.75, 3.05) is 26.8 Å². The summed E-state index contributed by atoms with van der Waals surface area (Å²) in [4.78, 5) is 13.8. The number of rotatable bonds is 7. The second-order valence-corrected chi connectivity index (χ2v) is 9.71. The average molecular weight is 411 g/mol. The van der Waals surface area contributed by atoms with Crippen LogP contribution in [-0.2, 0) is 30.7 Å². The quantitative estimate of drug-likeness (QED) is 0.687. The number of carbonyl (C=O) groups excluding carboxylic acids is 1. The Hall–Kier alpha value is -1.48. The number of sulfonamides is 1. The van der Waals surface area contributed by atoms with Gasteiger partial charge in [0.25, 0.3) is 0 Å². The Bertz CT molecular complexity index is 778. The smallest absolute Gasteiger partial charge is 0.305 e. The molecule has 2 fully saturated rings. The van der Waals surface area contributed by atoms with Gasteiger partial charge in [-0.05, 0) is 36.5 Å². The van der Waals surface area contributed by atoms with Crippen LogP contribution in [0.25, 0.3) is 0 Å². The van der Waals surface area contributed by atoms with Crippen LogP contribution in [0.4, 0.5) is 0 Å². The van der Waals surface area contributed by atoms with Crippen LogP contribution in [0.15, 0.2) is 29.2 Å². The minimum Gasteiger partial charge on any atom is -0.469 e. The molecule has 2 aliphatic heterocycles. The number of fused-ring (bicyclic) bond motifs is 1. The highest BCUT2D eigenvalue weighted by Gasteiger charge is 2.39. The Morgan fingerprint density at radius 2 is 2.00 bits per heavy atom. The highest BCUT2D eigenvalue weighted by atomic mass is 32.2. The topological polar surface area (TPSA) is 84.9 Å². The molecule has 0 aliphatic carbocycles. The molecule has 2 heterocycles. The number of hydrogen-bond donors (Lipinski definition) is 1. The van der Waals surface area contributed by atoms with Gasteiger partial charge < -0.3 is 9.47 Å². The SMILES string of the molecule is COC(=O)CCc1ccc(S(=O)(=O)N[C@H]2C[C@H]3CO[C@@H](C(C)C)CN3C2)cc1. The lowest BCUT2D eigenvalue weighted by atomic mass is 10.0. The maximum Gasteiger partial charge on any atom is 0.305 e. The summed E-state index contributed by atoms with van der Waals surface area (Å²) in [5.74, 6) is 0.175. The van der Waals surface area contributed by atoms with Gasteiger partial charge in [0.05, 0.1) is 24.7 Å². The van der Waals surface area contributed by atoms with Crippen LogP contribution >= 0.6 is 0 Å². The third kappa shape index (κ3) is 5.11. The standard InChI is InChI=1S/C20H30N2O5S/c1-14(2)19-12-22-11-16(10-17(22)13-27-19)21-28(24,25)18-7-4-15(5-8-18)6-9-20(23)26-3/h4-5,7-8,14,16-17,19,21H,6,9-13H2,1-3H3/t16-,17-,19+/m0/s1. The minimum atomic E-state index is -3.58. The van der Waals surface area contributed by atoms with Crippen molar-refractivity contribution in [1.29, 1.82) is 0 Å². The number of ether oxygens (including phenoxy) is 2. The van der Waals surface area contributed by atoms with Crippen molar-refractivity contribution in [2.24, 2.45) is 5.92 Å². The summed E-state index contributed by atoms with van der Waals surface area (Å²) < 4.78 is 38.9. The van der Waals surface area contributed by atoms with Gasteiger partial charge >= 0.3 is 5.97 Å². The number of morpholine rings is 1. The van der Waals surface area contributed by atoms with Crippen molar-refractivity contribution in [3.05, 3.63) is 29.8 Å². The Morgan fingerprint density at radius 3 is 2.64 bits per heavy atom. The maximum atomic E-state index is 12.8. The summed E-state index contributed by atoms with van der Waals surface area (Å²) in [6.07, 6.45) is 1.78. The van der Waals surface area contributed by atoms with Crippen LogP contribution in [-0.4, -0.2) is 64.3 Å². The molecule has 1 N–H and O–H groups in total. The zero-order valence-electron chi connectivity index (χ0n) is 16.8. The van der Waals surface area contributed by atoms with E-state index in [0.29, 0.717) is 25.5 Å². The van der Waals surface area contributed by atoms with Crippen LogP contribution in [0.5, 0.6) is 0 Å². The van der Waals surface area contributed by atoms with Crippen molar-refractivity contribution in [3.8, 4) is 0 Å². The number of esters is 1. The minimum absolute atomic E-state index is 0.108. The van der Waals surface area contributed by atoms with E-state index in [1.807, 2.05) is 0 Å². The molecule has 7 nitrogen and oxygen atoms in total. The molecule has 8 heteroatoms. The fourth-order valence-corrected chi connectivity index (χ4v) is 5.10. The van der Waals surface area contributed by atoms with Gasteiger partial charge in [0, 0.05) is 31.6 Å². The van der Waals surface area contributed by atoms with E-state index in [0.717, 1.165) is 18.5 Å². The van der Waals surface area contributed by atoms with Crippen molar-refractivity contribution >= 4 is 16.0 Å². The lowest BCUT2D eigenvalue weighted by Crippen LogP contribution is -2.48. The van der Waals surface area contributed by atoms with Crippen LogP contribution in [0.2, 0.25) is 0 Å². The Labute approximate surface area is 167 Å². The Morgan fingerprint density at radius 1 is 1.29 bits per heavy atom. The third-order valence-electron chi connectivity index (χ3n) is 5.59. The first-order chi connectivity index (χ1) is 13.3. The molecule has 3 atom stereocenters. The molecule has 2 aliphatic rings. The molecule has 2 saturated heterocycles. The van der Waals surface area contributed by atoms with Crippen LogP contribution in [0.3, 0.4) is 0 Å². The van der Waals surface area contributed by atoms with Crippen LogP contribution < -0.4 is 4.72 Å². The summed E-state index contributed by atoms with van der Waals surface area (Å²) in [5, 5.41) is 0. The second kappa shape index (κ2) is 8.90. The predicted octanol–water partition coefficient (Wildman–Crippen LogP) is 1.57. The third-order valence-corrected chi connectivity index (χ3v) is 7.13. The summed E-state index contributed by atoms with van der Waals surface area (Å²) >= 11 is 0. The van der Waals surface area contributed by atoms with Crippen molar-refractivity contribution in [1.82, 2.24) is 9.62 Å². The van der Waals surface area contributed by atoms with Gasteiger partial charge in [-0.3, -0.25) is 9.69 Å². The summed E-state index contributed by atoms with van der Waals surface area (Å²) in [6.45, 7) is 6.53. The number of benzene rings is 1. The lowest BCUT2D eigenvalue weighted by Gasteiger charge is -2.36. The van der Waals surface area contributed by atoms with Gasteiger partial charge in [0.15, 0.2) is 0 Å². The molecule has 0 amide bonds. The Balaban J connectivity index is 1.57. The fraction of sp³-hybridized carbons (Fsp3) is 0.650. The monoisotopic (exact) mass is 410 g/mol. The van der Waals surface area contributed by atoms with E-state index in [1.165, 1.54) is 7.11 Å². The molecule has 156 valence electrons. The van der Waals surface area contributed by atoms with E-state index < -0.39 is 10.0 Å². The van der Waals surface area contributed by atoms with E-state index in [1.54, 1.807) is 24.3 Å². The van der Waals surface area contributed by atoms with E-state index >= 15 is 0 Å². The van der Waals surface area contributed by atoms with Crippen LogP contribution in [0, 0.1) is 5.92 Å². The fourth-order valence-electron chi connectivity index (χ4n) is 3.86. The summed E-state index contributed by atoms with van der Waals surface area (Å²) in [7, 11) is -2.22. The molecule has 0 spiro atoms. The number of nitrogens with one attached hydrogen (secondary N) is 1. The van der Waals surface area contributed by atoms with E-state index in [2.05, 4.69) is 28.2 Å². The highest BCUT2D eigenvalue weighted by molar-refractivity contribution is 7.89. The van der Waals surface area contributed by atoms with E-state index in [4.69, 9.17) is 4.74 Å². The number of hydrogen-bond acceptors (Lipinski definition) is 6. The number of carbonyl (C=O) groups is 1. The molecule has 0 bridgehead atoms. The first-order valence-electron chi connectivity index (χ1n) is 9.82. The molecule has 0 aromatic heterocycles. The second-order valence-electron chi connectivity index (χ2n) is 8.00. The number of nitrogens with zero attached hydrogens (tertiary/aromatic N) is 1. The molecule has 1 aromatic rings. The van der Waals surface area contributed by atoms with E-state index in [-0.39, 0.29) is 35.5 Å². The summed E-state index contributed by atoms with van der Waals surface area (Å²) in [6, 6.07) is 6.85. The highest BCUT2D eigenvalue weighted by Crippen LogP contribution is 2.26. The van der Waals surface area contributed by atoms with Gasteiger partial charge in [0.1, 0.15) is 0 Å². The van der Waals surface area contributed by atoms with Gasteiger partial charge in [-0.1, -0.05) is 26.0 Å². The van der Waals surface area contributed by atoms with Gasteiger partial charge in [0.2, 0.25) is 10.0 Å². The first kappa shape index (κ1) is 21.2. The van der Waals surface area contributed by atoms with Crippen molar-refractivity contribution in [3.63, 3.8) is 0 Å². The van der Waals surface area contributed by atoms with Crippen molar-refractivity contribution < 1.29 is 22.7 Å². The zero-order valence-corrected chi connectivity index (χ0v) is 17.6. The van der Waals surface area contributed by atoms with Crippen molar-refractivity contribution in [2.45, 2.75) is 56.2 Å². The van der Waals surface area contributed by atoms with Gasteiger partial charge in [-0.2, -0.15) is 0 Å². The molecule has 0 saturated carbocycles. The van der Waals surface area contributed by atoms with Gasteiger partial charge in [-0.25, -0.2) is 13.1 Å². The predicted molar refractivity (Wildman–Crippen MR) is 105 cm³/mol. The zero-order chi connectivity index (χ0) is 20.3. The van der Waals surface area contributed by atoms with Crippen LogP contribution in [0.1, 0.15) is 32.3 Å². The van der Waals surface area contributed by atoms with Gasteiger partial charge in [-0.15, -0.1) is 0 Å². The summed E-state index contributed by atoms with van der Waals surface area (Å²) in [5.41, 5.74) is 0.902. The largest absolute Gasteiger partial charge is 0.469 e. The Kier molecular flexibility index (Phi) is 6.75. The maximum absolute atomic E-state index is 12.8. The normalized spacial score (nSPS) is 25.6. The molecule has 3 rings (SSSR count). The molecule has 0 radical (unpaired) electrons. The molecule has 28 heavy (non-hydrogen) atoms. The van der Waals surface area contributed by atoms with E-state index in [9.17, 15) is 13.2 Å².